The molecular formula is C79H140N18O12. The van der Waals surface area contributed by atoms with Gasteiger partial charge in [0.05, 0.1) is 0 Å². The average molecular weight is 1530 g/mol. The van der Waals surface area contributed by atoms with E-state index in [9.17, 15) is 28.8 Å². The van der Waals surface area contributed by atoms with Gasteiger partial charge < -0.3 is 88.4 Å². The van der Waals surface area contributed by atoms with Crippen LogP contribution in [0, 0.1) is 32.6 Å². The summed E-state index contributed by atoms with van der Waals surface area (Å²) in [5.74, 6) is 4.59. The normalized spacial score (nSPS) is 11.6. The van der Waals surface area contributed by atoms with Gasteiger partial charge in [0, 0.05) is 125 Å². The number of unbranched alkanes of at least 4 members (excludes halogenated alkanes) is 4. The molecule has 0 fully saturated rings. The van der Waals surface area contributed by atoms with Crippen LogP contribution in [0.15, 0.2) is 45.3 Å². The van der Waals surface area contributed by atoms with E-state index in [0.29, 0.717) is 97.4 Å². The van der Waals surface area contributed by atoms with Gasteiger partial charge in [-0.05, 0) is 194 Å². The Kier molecular flexibility index (Phi) is 50.9. The summed E-state index contributed by atoms with van der Waals surface area (Å²) in [7, 11) is 20.4. The third kappa shape index (κ3) is 39.4. The Morgan fingerprint density at radius 2 is 0.596 bits per heavy atom. The minimum atomic E-state index is -0.175. The molecule has 0 aliphatic heterocycles. The predicted octanol–water partition coefficient (Wildman–Crippen LogP) is 10.0. The van der Waals surface area contributed by atoms with Gasteiger partial charge in [0.2, 0.25) is 0 Å². The van der Waals surface area contributed by atoms with E-state index in [4.69, 9.17) is 27.1 Å². The third-order valence-electron chi connectivity index (χ3n) is 18.1. The van der Waals surface area contributed by atoms with Gasteiger partial charge in [0.15, 0.2) is 34.2 Å². The largest absolute Gasteiger partial charge is 0.361 e. The van der Waals surface area contributed by atoms with Crippen molar-refractivity contribution >= 4 is 35.4 Å². The molecule has 0 aliphatic rings. The van der Waals surface area contributed by atoms with Gasteiger partial charge in [0.25, 0.3) is 35.4 Å². The lowest BCUT2D eigenvalue weighted by Crippen LogP contribution is -2.43. The smallest absolute Gasteiger partial charge is 0.273 e. The van der Waals surface area contributed by atoms with E-state index in [-0.39, 0.29) is 35.4 Å². The Balaban J connectivity index is 0.000000654. The molecular weight excluding hydrogens is 1390 g/mol. The maximum Gasteiger partial charge on any atom is 0.273 e. The molecule has 0 saturated heterocycles. The molecule has 6 N–H and O–H groups in total. The number of nitrogens with one attached hydrogen (secondary N) is 6. The summed E-state index contributed by atoms with van der Waals surface area (Å²) in [5, 5.41) is 40.0. The number of aryl methyl sites for hydroxylation is 6. The van der Waals surface area contributed by atoms with Crippen molar-refractivity contribution in [1.82, 2.24) is 92.2 Å². The van der Waals surface area contributed by atoms with Gasteiger partial charge in [-0.15, -0.1) is 0 Å². The van der Waals surface area contributed by atoms with Crippen molar-refractivity contribution in [3.05, 3.63) is 104 Å². The molecule has 618 valence electrons. The zero-order valence-corrected chi connectivity index (χ0v) is 71.2. The molecule has 0 radical (unpaired) electrons. The van der Waals surface area contributed by atoms with Crippen LogP contribution in [-0.4, -0.2) is 257 Å². The van der Waals surface area contributed by atoms with E-state index < -0.39 is 0 Å². The van der Waals surface area contributed by atoms with Crippen molar-refractivity contribution in [3.63, 3.8) is 0 Å². The molecule has 0 aromatic carbocycles. The van der Waals surface area contributed by atoms with Crippen molar-refractivity contribution in [2.75, 3.05) is 149 Å². The molecule has 2 atom stereocenters. The number of rotatable bonds is 42. The second-order valence-electron chi connectivity index (χ2n) is 28.6. The number of carbonyl (C=O) groups excluding carboxylic acids is 6. The first-order valence-electron chi connectivity index (χ1n) is 39.2. The van der Waals surface area contributed by atoms with Crippen molar-refractivity contribution < 1.29 is 55.9 Å². The summed E-state index contributed by atoms with van der Waals surface area (Å²) in [6.45, 7) is 40.6. The Morgan fingerprint density at radius 1 is 0.339 bits per heavy atom. The van der Waals surface area contributed by atoms with Crippen LogP contribution in [0.5, 0.6) is 0 Å². The van der Waals surface area contributed by atoms with Crippen LogP contribution in [0.2, 0.25) is 0 Å². The van der Waals surface area contributed by atoms with Gasteiger partial charge in [0.1, 0.15) is 34.6 Å². The van der Waals surface area contributed by atoms with Crippen LogP contribution in [0.25, 0.3) is 0 Å². The Morgan fingerprint density at radius 3 is 0.826 bits per heavy atom. The molecule has 6 aromatic heterocycles. The molecule has 2 unspecified atom stereocenters. The van der Waals surface area contributed by atoms with Gasteiger partial charge in [-0.2, -0.15) is 0 Å². The number of aromatic nitrogens is 6. The molecule has 0 spiro atoms. The first-order valence-corrected chi connectivity index (χ1v) is 39.2. The monoisotopic (exact) mass is 1530 g/mol. The molecule has 0 saturated carbocycles. The highest BCUT2D eigenvalue weighted by atomic mass is 16.5. The molecule has 6 rings (SSSR count). The number of hydrogen-bond acceptors (Lipinski definition) is 24. The quantitative estimate of drug-likeness (QED) is 0.0194. The maximum atomic E-state index is 12.1. The van der Waals surface area contributed by atoms with Gasteiger partial charge in [-0.3, -0.25) is 28.8 Å². The number of hydrogen-bond donors (Lipinski definition) is 6. The van der Waals surface area contributed by atoms with Crippen molar-refractivity contribution in [3.8, 4) is 0 Å². The highest BCUT2D eigenvalue weighted by Gasteiger charge is 2.24. The average Bonchev–Trinajstić information content (AvgIpc) is 1.73. The Bertz CT molecular complexity index is 3440. The molecule has 30 heteroatoms. The first kappa shape index (κ1) is 98.8. The third-order valence-corrected chi connectivity index (χ3v) is 18.1. The minimum absolute atomic E-state index is 0.134. The topological polar surface area (TPSA) is 350 Å². The predicted molar refractivity (Wildman–Crippen MR) is 429 cm³/mol. The van der Waals surface area contributed by atoms with Crippen LogP contribution < -0.4 is 31.9 Å². The maximum absolute atomic E-state index is 12.1. The number of carbonyl (C=O) groups is 6. The Labute approximate surface area is 651 Å². The summed E-state index contributed by atoms with van der Waals surface area (Å²) >= 11 is 0. The molecule has 0 bridgehead atoms. The standard InChI is InChI=1S/2C14H25N3O2.3C13H23N3O2.C12H21N3O2/c1-7-12-10(4)13(16-19-12)14(18)15-8-11(9(2)3)17(5)6;1-5-12-11(3)13(16-19-12)14(18)15-9-7-8-10-17(4)6-2;1-6-10-7-11(15-18-10)13(17)14-8-12(9(2)3)16(4)5;1-5-11-10(2)12(15-18-11)13(17)14-8-6-7-9-16(3)4;1-4-11-10-12(15-18-11)13(17)14-8-6-7-9-16(3)5-2;1-4-10-9-11(14-17-10)12(16)13-7-5-6-8-15(2)3/h9,11H,7-8H2,1-6H3,(H,15,18);5-10H2,1-4H3,(H,15,18);7,9,12H,6,8H2,1-5H3,(H,14,17);5-9H2,1-4H3,(H,14,17);10H,4-9H2,1-3H3,(H,14,17);9H,4-8H2,1-3H3,(H,13,16). The molecule has 109 heavy (non-hydrogen) atoms. The van der Waals surface area contributed by atoms with E-state index in [1.54, 1.807) is 18.2 Å². The van der Waals surface area contributed by atoms with E-state index in [2.05, 4.69) is 148 Å². The van der Waals surface area contributed by atoms with Gasteiger partial charge >= 0.3 is 0 Å². The first-order chi connectivity index (χ1) is 51.8. The lowest BCUT2D eigenvalue weighted by Gasteiger charge is -2.27. The van der Waals surface area contributed by atoms with E-state index in [0.717, 1.165) is 180 Å². The fourth-order valence-electron chi connectivity index (χ4n) is 10.7. The fraction of sp³-hybridized carbons (Fsp3) is 0.696. The van der Waals surface area contributed by atoms with Crippen molar-refractivity contribution in [1.29, 1.82) is 0 Å². The van der Waals surface area contributed by atoms with Crippen molar-refractivity contribution in [2.45, 2.75) is 206 Å². The van der Waals surface area contributed by atoms with Crippen LogP contribution >= 0.6 is 0 Å². The van der Waals surface area contributed by atoms with E-state index in [1.807, 2.05) is 119 Å². The second kappa shape index (κ2) is 56.1. The highest BCUT2D eigenvalue weighted by Crippen LogP contribution is 2.17. The van der Waals surface area contributed by atoms with E-state index in [1.165, 1.54) is 0 Å². The molecule has 6 amide bonds. The summed E-state index contributed by atoms with van der Waals surface area (Å²) in [6, 6.07) is 5.69. The summed E-state index contributed by atoms with van der Waals surface area (Å²) < 4.78 is 30.4. The lowest BCUT2D eigenvalue weighted by molar-refractivity contribution is 0.0916. The number of nitrogens with zero attached hydrogens (tertiary/aromatic N) is 12. The van der Waals surface area contributed by atoms with Crippen LogP contribution in [0.4, 0.5) is 0 Å². The van der Waals surface area contributed by atoms with Gasteiger partial charge in [-0.25, -0.2) is 0 Å². The summed E-state index contributed by atoms with van der Waals surface area (Å²) in [6.07, 6.45) is 12.7. The van der Waals surface area contributed by atoms with Crippen molar-refractivity contribution in [2.24, 2.45) is 11.8 Å². The molecule has 6 aromatic rings. The minimum Gasteiger partial charge on any atom is -0.361 e. The number of amides is 6. The fourth-order valence-corrected chi connectivity index (χ4v) is 10.7. The molecule has 30 nitrogen and oxygen atoms in total. The zero-order valence-electron chi connectivity index (χ0n) is 71.2. The lowest BCUT2D eigenvalue weighted by atomic mass is 10.0. The molecule has 6 heterocycles. The zero-order chi connectivity index (χ0) is 82.1. The second-order valence-corrected chi connectivity index (χ2v) is 28.6. The Hall–Kier alpha value is -8.16. The van der Waals surface area contributed by atoms with Gasteiger partial charge in [-0.1, -0.05) is 114 Å². The van der Waals surface area contributed by atoms with E-state index >= 15 is 0 Å². The number of likely N-dealkylation sites (N-methyl/N-ethyl adjacent to an activating group) is 2. The van der Waals surface area contributed by atoms with Crippen LogP contribution in [-0.2, 0) is 38.5 Å². The van der Waals surface area contributed by atoms with Crippen LogP contribution in [0.1, 0.15) is 249 Å². The highest BCUT2D eigenvalue weighted by molar-refractivity contribution is 5.95. The SMILES string of the molecule is CCc1cc(C(=O)NCC(C(C)C)N(C)C)no1.CCc1cc(C(=O)NCCCCN(C)C)no1.CCc1cc(C(=O)NCCCCN(C)CC)no1.CCc1onc(C(=O)NCC(C(C)C)N(C)C)c1C.CCc1onc(C(=O)NCCCCN(C)C)c1C.CCc1onc(C(=O)NCCCCN(C)CC)c1C. The van der Waals surface area contributed by atoms with Crippen LogP contribution in [0.3, 0.4) is 0 Å². The summed E-state index contributed by atoms with van der Waals surface area (Å²) in [4.78, 5) is 84.1. The summed E-state index contributed by atoms with van der Waals surface area (Å²) in [5.41, 5.74) is 4.88. The molecule has 0 aliphatic carbocycles.